The van der Waals surface area contributed by atoms with E-state index in [1.54, 1.807) is 13.8 Å². The maximum Gasteiger partial charge on any atom is 0.0639 e. The molecule has 0 saturated carbocycles. The molecule has 0 aromatic heterocycles. The van der Waals surface area contributed by atoms with Crippen molar-refractivity contribution in [1.29, 1.82) is 0 Å². The van der Waals surface area contributed by atoms with E-state index >= 15 is 0 Å². The first-order valence-corrected chi connectivity index (χ1v) is 6.69. The molecule has 120 valence electrons. The second kappa shape index (κ2) is 17.0. The summed E-state index contributed by atoms with van der Waals surface area (Å²) in [4.78, 5) is 0. The van der Waals surface area contributed by atoms with Crippen LogP contribution >= 0.6 is 0 Å². The maximum absolute atomic E-state index is 9.35. The first-order valence-electron chi connectivity index (χ1n) is 6.69. The van der Waals surface area contributed by atoms with Gasteiger partial charge in [0.2, 0.25) is 0 Å². The van der Waals surface area contributed by atoms with Gasteiger partial charge in [0.25, 0.3) is 0 Å². The smallest absolute Gasteiger partial charge is 0.0639 e. The minimum atomic E-state index is -0.562. The molecule has 1 aromatic carbocycles. The molecule has 0 atom stereocenters. The zero-order valence-electron chi connectivity index (χ0n) is 14.1. The molecule has 0 heterocycles. The van der Waals surface area contributed by atoms with Crippen molar-refractivity contribution in [3.63, 3.8) is 0 Å². The molecule has 0 aliphatic rings. The molecule has 4 heteroatoms. The van der Waals surface area contributed by atoms with Crippen molar-refractivity contribution >= 4 is 0 Å². The summed E-state index contributed by atoms with van der Waals surface area (Å²) in [7, 11) is 0. The van der Waals surface area contributed by atoms with Gasteiger partial charge >= 0.3 is 0 Å². The van der Waals surface area contributed by atoms with Gasteiger partial charge in [0.05, 0.1) is 5.60 Å². The average molecular weight is 321 g/mol. The second-order valence-corrected chi connectivity index (χ2v) is 5.40. The van der Waals surface area contributed by atoms with Crippen molar-refractivity contribution in [2.24, 2.45) is 5.41 Å². The summed E-state index contributed by atoms with van der Waals surface area (Å²) < 4.78 is 0. The number of rotatable bonds is 0. The molecule has 0 amide bonds. The molecule has 0 bridgehead atoms. The molecule has 20 heavy (non-hydrogen) atoms. The SMILES string of the molecule is CC(C)(C)C(C)(C)O.CCO.CCO.[Ti].c1cc[cH-]c1. The normalized spacial score (nSPS) is 9.50. The fourth-order valence-electron chi connectivity index (χ4n) is 0.321. The van der Waals surface area contributed by atoms with Gasteiger partial charge in [-0.05, 0) is 33.1 Å². The van der Waals surface area contributed by atoms with Crippen LogP contribution in [-0.4, -0.2) is 34.1 Å². The van der Waals surface area contributed by atoms with Crippen LogP contribution in [0.4, 0.5) is 0 Å². The Bertz CT molecular complexity index is 202. The molecule has 1 rings (SSSR count). The monoisotopic (exact) mass is 321 g/mol. The standard InChI is InChI=1S/C7H16O.C5H5.2C2H6O.Ti/c1-6(2,3)7(4,5)8;1-2-4-5-3-1;2*1-2-3;/h8H,1-5H3;1-5H;2*3H,2H2,1H3;/q;-1;;;. The predicted octanol–water partition coefficient (Wildman–Crippen LogP) is 3.20. The van der Waals surface area contributed by atoms with Crippen LogP contribution < -0.4 is 0 Å². The van der Waals surface area contributed by atoms with E-state index in [-0.39, 0.29) is 40.3 Å². The van der Waals surface area contributed by atoms with E-state index in [0.717, 1.165) is 0 Å². The maximum atomic E-state index is 9.35. The van der Waals surface area contributed by atoms with Crippen molar-refractivity contribution in [3.05, 3.63) is 30.3 Å². The van der Waals surface area contributed by atoms with Crippen LogP contribution in [0.1, 0.15) is 48.5 Å². The van der Waals surface area contributed by atoms with Gasteiger partial charge < -0.3 is 15.3 Å². The summed E-state index contributed by atoms with van der Waals surface area (Å²) in [5.41, 5.74) is -0.569. The van der Waals surface area contributed by atoms with Crippen molar-refractivity contribution in [2.45, 2.75) is 54.1 Å². The Morgan fingerprint density at radius 3 is 1.10 bits per heavy atom. The van der Waals surface area contributed by atoms with Crippen LogP contribution in [0.15, 0.2) is 30.3 Å². The van der Waals surface area contributed by atoms with Gasteiger partial charge in [-0.2, -0.15) is 18.2 Å². The Balaban J connectivity index is -0.0000000922. The third-order valence-electron chi connectivity index (χ3n) is 2.39. The van der Waals surface area contributed by atoms with Crippen molar-refractivity contribution in [1.82, 2.24) is 0 Å². The summed E-state index contributed by atoms with van der Waals surface area (Å²) in [5, 5.41) is 24.5. The molecule has 0 spiro atoms. The zero-order chi connectivity index (χ0) is 15.9. The molecule has 3 nitrogen and oxygen atoms in total. The summed E-state index contributed by atoms with van der Waals surface area (Å²) in [6.45, 7) is 13.6. The van der Waals surface area contributed by atoms with Gasteiger partial charge in [0.15, 0.2) is 0 Å². The van der Waals surface area contributed by atoms with Crippen LogP contribution in [0.2, 0.25) is 0 Å². The fourth-order valence-corrected chi connectivity index (χ4v) is 0.321. The van der Waals surface area contributed by atoms with Gasteiger partial charge in [-0.3, -0.25) is 0 Å². The summed E-state index contributed by atoms with van der Waals surface area (Å²) >= 11 is 0. The Morgan fingerprint density at radius 2 is 1.05 bits per heavy atom. The van der Waals surface area contributed by atoms with E-state index in [2.05, 4.69) is 0 Å². The molecule has 3 N–H and O–H groups in total. The Kier molecular flexibility index (Phi) is 23.9. The van der Waals surface area contributed by atoms with Gasteiger partial charge in [0, 0.05) is 34.9 Å². The first-order chi connectivity index (χ1) is 8.58. The third kappa shape index (κ3) is 26.5. The molecule has 0 fully saturated rings. The summed E-state index contributed by atoms with van der Waals surface area (Å²) in [6, 6.07) is 10.0. The van der Waals surface area contributed by atoms with Crippen LogP contribution in [-0.2, 0) is 21.7 Å². The first kappa shape index (κ1) is 28.2. The van der Waals surface area contributed by atoms with E-state index in [4.69, 9.17) is 10.2 Å². The topological polar surface area (TPSA) is 60.7 Å². The van der Waals surface area contributed by atoms with Crippen molar-refractivity contribution in [2.75, 3.05) is 13.2 Å². The van der Waals surface area contributed by atoms with Crippen LogP contribution in [0, 0.1) is 5.41 Å². The van der Waals surface area contributed by atoms with E-state index < -0.39 is 5.60 Å². The largest absolute Gasteiger partial charge is 0.397 e. The minimum absolute atomic E-state index is 0. The van der Waals surface area contributed by atoms with Gasteiger partial charge in [-0.1, -0.05) is 20.8 Å². The summed E-state index contributed by atoms with van der Waals surface area (Å²) in [6.07, 6.45) is 0. The minimum Gasteiger partial charge on any atom is -0.397 e. The number of hydrogen-bond donors (Lipinski definition) is 3. The quantitative estimate of drug-likeness (QED) is 0.508. The Hall–Kier alpha value is -0.0557. The molecule has 1 aromatic rings. The second-order valence-electron chi connectivity index (χ2n) is 5.40. The van der Waals surface area contributed by atoms with E-state index in [1.807, 2.05) is 65.0 Å². The summed E-state index contributed by atoms with van der Waals surface area (Å²) in [5.74, 6) is 0. The van der Waals surface area contributed by atoms with E-state index in [1.165, 1.54) is 0 Å². The number of aliphatic hydroxyl groups is 3. The molecular weight excluding hydrogens is 288 g/mol. The van der Waals surface area contributed by atoms with E-state index in [9.17, 15) is 5.11 Å². The molecule has 0 aliphatic carbocycles. The predicted molar refractivity (Wildman–Crippen MR) is 83.3 cm³/mol. The number of hydrogen-bond acceptors (Lipinski definition) is 3. The number of aliphatic hydroxyl groups excluding tert-OH is 2. The molecular formula is C16H33O3Ti-. The van der Waals surface area contributed by atoms with Gasteiger partial charge in [0.1, 0.15) is 0 Å². The molecule has 0 radical (unpaired) electrons. The molecule has 0 unspecified atom stereocenters. The fraction of sp³-hybridized carbons (Fsp3) is 0.688. The van der Waals surface area contributed by atoms with E-state index in [0.29, 0.717) is 0 Å². The van der Waals surface area contributed by atoms with Gasteiger partial charge in [-0.15, -0.1) is 0 Å². The zero-order valence-corrected chi connectivity index (χ0v) is 15.7. The van der Waals surface area contributed by atoms with Crippen LogP contribution in [0.3, 0.4) is 0 Å². The Morgan fingerprint density at radius 1 is 0.850 bits per heavy atom. The third-order valence-corrected chi connectivity index (χ3v) is 2.39. The van der Waals surface area contributed by atoms with Crippen LogP contribution in [0.25, 0.3) is 0 Å². The Labute approximate surface area is 140 Å². The molecule has 0 aliphatic heterocycles. The molecule has 0 saturated heterocycles. The van der Waals surface area contributed by atoms with Crippen molar-refractivity contribution < 1.29 is 37.0 Å². The average Bonchev–Trinajstić information content (AvgIpc) is 2.74. The van der Waals surface area contributed by atoms with Gasteiger partial charge in [-0.25, -0.2) is 12.1 Å². The van der Waals surface area contributed by atoms with Crippen molar-refractivity contribution in [3.8, 4) is 0 Å². The van der Waals surface area contributed by atoms with Crippen LogP contribution in [0.5, 0.6) is 0 Å².